The minimum Gasteiger partial charge on any atom is -0.397 e. The van der Waals surface area contributed by atoms with Crippen molar-refractivity contribution < 1.29 is 4.79 Å². The lowest BCUT2D eigenvalue weighted by atomic mass is 9.97. The summed E-state index contributed by atoms with van der Waals surface area (Å²) in [7, 11) is 0. The number of rotatable bonds is 3. The summed E-state index contributed by atoms with van der Waals surface area (Å²) in [5.74, 6) is 0.129. The van der Waals surface area contributed by atoms with Crippen LogP contribution in [0, 0.1) is 0 Å². The zero-order valence-electron chi connectivity index (χ0n) is 12.2. The van der Waals surface area contributed by atoms with Crippen LogP contribution in [0.25, 0.3) is 0 Å². The monoisotopic (exact) mass is 263 g/mol. The van der Waals surface area contributed by atoms with Gasteiger partial charge in [0.2, 0.25) is 0 Å². The van der Waals surface area contributed by atoms with Crippen molar-refractivity contribution in [3.63, 3.8) is 0 Å². The van der Waals surface area contributed by atoms with Gasteiger partial charge in [-0.3, -0.25) is 4.79 Å². The van der Waals surface area contributed by atoms with Crippen molar-refractivity contribution in [2.45, 2.75) is 65.1 Å². The second kappa shape index (κ2) is 5.68. The molecule has 1 aliphatic rings. The molecule has 0 aliphatic carbocycles. The van der Waals surface area contributed by atoms with Crippen LogP contribution in [0.4, 0.5) is 5.69 Å². The van der Waals surface area contributed by atoms with Crippen LogP contribution in [0.2, 0.25) is 0 Å². The normalized spacial score (nSPS) is 23.6. The minimum atomic E-state index is 0.129. The highest BCUT2D eigenvalue weighted by atomic mass is 16.2. The molecule has 19 heavy (non-hydrogen) atoms. The average Bonchev–Trinajstić information content (AvgIpc) is 2.70. The fourth-order valence-electron chi connectivity index (χ4n) is 3.09. The Morgan fingerprint density at radius 3 is 2.58 bits per heavy atom. The van der Waals surface area contributed by atoms with Crippen molar-refractivity contribution in [3.05, 3.63) is 18.0 Å². The van der Waals surface area contributed by atoms with Gasteiger partial charge >= 0.3 is 0 Å². The van der Waals surface area contributed by atoms with E-state index in [0.717, 1.165) is 31.5 Å². The lowest BCUT2D eigenvalue weighted by Gasteiger charge is -2.39. The van der Waals surface area contributed by atoms with Crippen molar-refractivity contribution in [1.82, 2.24) is 9.47 Å². The Labute approximate surface area is 115 Å². The molecule has 0 spiro atoms. The van der Waals surface area contributed by atoms with Gasteiger partial charge in [0.05, 0.1) is 5.69 Å². The molecule has 1 aromatic heterocycles. The molecule has 2 N–H and O–H groups in total. The van der Waals surface area contributed by atoms with E-state index in [0.29, 0.717) is 17.8 Å². The minimum absolute atomic E-state index is 0.129. The van der Waals surface area contributed by atoms with Crippen LogP contribution in [0.3, 0.4) is 0 Å². The van der Waals surface area contributed by atoms with Gasteiger partial charge in [0.25, 0.3) is 5.91 Å². The lowest BCUT2D eigenvalue weighted by molar-refractivity contribution is 0.0499. The Kier molecular flexibility index (Phi) is 4.17. The first-order valence-corrected chi connectivity index (χ1v) is 7.33. The van der Waals surface area contributed by atoms with Crippen LogP contribution in [-0.2, 0) is 6.54 Å². The topological polar surface area (TPSA) is 51.3 Å². The second-order valence-electron chi connectivity index (χ2n) is 5.69. The zero-order valence-corrected chi connectivity index (χ0v) is 12.2. The quantitative estimate of drug-likeness (QED) is 0.911. The number of carbonyl (C=O) groups is 1. The molecule has 1 aromatic rings. The fourth-order valence-corrected chi connectivity index (χ4v) is 3.09. The van der Waals surface area contributed by atoms with Crippen molar-refractivity contribution in [2.75, 3.05) is 5.73 Å². The third kappa shape index (κ3) is 2.77. The molecule has 4 nitrogen and oxygen atoms in total. The van der Waals surface area contributed by atoms with Gasteiger partial charge in [-0.05, 0) is 45.6 Å². The number of piperidine rings is 1. The molecule has 4 heteroatoms. The van der Waals surface area contributed by atoms with E-state index in [2.05, 4.69) is 20.8 Å². The number of nitrogens with zero attached hydrogens (tertiary/aromatic N) is 2. The van der Waals surface area contributed by atoms with E-state index in [9.17, 15) is 4.79 Å². The number of aromatic nitrogens is 1. The second-order valence-corrected chi connectivity index (χ2v) is 5.69. The third-order valence-electron chi connectivity index (χ3n) is 4.03. The highest BCUT2D eigenvalue weighted by Crippen LogP contribution is 2.25. The maximum Gasteiger partial charge on any atom is 0.271 e. The molecule has 2 unspecified atom stereocenters. The molecular weight excluding hydrogens is 238 g/mol. The molecule has 0 radical (unpaired) electrons. The van der Waals surface area contributed by atoms with Crippen molar-refractivity contribution in [2.24, 2.45) is 0 Å². The first-order valence-electron chi connectivity index (χ1n) is 7.33. The van der Waals surface area contributed by atoms with Gasteiger partial charge < -0.3 is 15.2 Å². The average molecular weight is 263 g/mol. The van der Waals surface area contributed by atoms with Crippen LogP contribution >= 0.6 is 0 Å². The number of hydrogen-bond acceptors (Lipinski definition) is 2. The van der Waals surface area contributed by atoms with E-state index in [1.54, 1.807) is 0 Å². The van der Waals surface area contributed by atoms with E-state index < -0.39 is 0 Å². The number of likely N-dealkylation sites (tertiary alicyclic amines) is 1. The molecule has 1 amide bonds. The number of nitrogen functional groups attached to an aromatic ring is 1. The van der Waals surface area contributed by atoms with E-state index >= 15 is 0 Å². The number of hydrogen-bond donors (Lipinski definition) is 1. The molecular formula is C15H25N3O. The summed E-state index contributed by atoms with van der Waals surface area (Å²) in [4.78, 5) is 14.8. The fraction of sp³-hybridized carbons (Fsp3) is 0.667. The standard InChI is InChI=1S/C15H25N3O/c1-4-8-17-10-13(16)9-14(17)15(19)18-11(2)6-5-7-12(18)3/h9-12H,4-8,16H2,1-3H3. The largest absolute Gasteiger partial charge is 0.397 e. The molecule has 2 atom stereocenters. The number of amides is 1. The van der Waals surface area contributed by atoms with Crippen LogP contribution in [-0.4, -0.2) is 27.5 Å². The molecule has 0 saturated carbocycles. The molecule has 1 fully saturated rings. The van der Waals surface area contributed by atoms with Crippen molar-refractivity contribution in [3.8, 4) is 0 Å². The SMILES string of the molecule is CCCn1cc(N)cc1C(=O)N1C(C)CCCC1C. The molecule has 0 aromatic carbocycles. The first-order chi connectivity index (χ1) is 9.04. The Morgan fingerprint density at radius 1 is 1.37 bits per heavy atom. The highest BCUT2D eigenvalue weighted by molar-refractivity contribution is 5.94. The molecule has 0 bridgehead atoms. The van der Waals surface area contributed by atoms with Crippen LogP contribution < -0.4 is 5.73 Å². The maximum absolute atomic E-state index is 12.8. The number of anilines is 1. The molecule has 2 heterocycles. The van der Waals surface area contributed by atoms with E-state index in [1.165, 1.54) is 6.42 Å². The van der Waals surface area contributed by atoms with Crippen LogP contribution in [0.5, 0.6) is 0 Å². The summed E-state index contributed by atoms with van der Waals surface area (Å²) in [6.45, 7) is 7.24. The van der Waals surface area contributed by atoms with Gasteiger partial charge in [0.1, 0.15) is 5.69 Å². The summed E-state index contributed by atoms with van der Waals surface area (Å²) < 4.78 is 1.99. The van der Waals surface area contributed by atoms with Gasteiger partial charge in [-0.25, -0.2) is 0 Å². The predicted octanol–water partition coefficient (Wildman–Crippen LogP) is 2.88. The Balaban J connectivity index is 2.27. The smallest absolute Gasteiger partial charge is 0.271 e. The highest BCUT2D eigenvalue weighted by Gasteiger charge is 2.31. The van der Waals surface area contributed by atoms with Gasteiger partial charge in [-0.2, -0.15) is 0 Å². The summed E-state index contributed by atoms with van der Waals surface area (Å²) in [5, 5.41) is 0. The predicted molar refractivity (Wildman–Crippen MR) is 78.1 cm³/mol. The van der Waals surface area contributed by atoms with E-state index in [-0.39, 0.29) is 5.91 Å². The third-order valence-corrected chi connectivity index (χ3v) is 4.03. The lowest BCUT2D eigenvalue weighted by Crippen LogP contribution is -2.48. The summed E-state index contributed by atoms with van der Waals surface area (Å²) in [6, 6.07) is 2.45. The maximum atomic E-state index is 12.8. The van der Waals surface area contributed by atoms with Crippen LogP contribution in [0.15, 0.2) is 12.3 Å². The molecule has 106 valence electrons. The summed E-state index contributed by atoms with van der Waals surface area (Å²) >= 11 is 0. The zero-order chi connectivity index (χ0) is 14.0. The first kappa shape index (κ1) is 14.0. The van der Waals surface area contributed by atoms with Gasteiger partial charge in [-0.1, -0.05) is 6.92 Å². The molecule has 2 rings (SSSR count). The van der Waals surface area contributed by atoms with E-state index in [4.69, 9.17) is 5.73 Å². The van der Waals surface area contributed by atoms with E-state index in [1.807, 2.05) is 21.7 Å². The van der Waals surface area contributed by atoms with Crippen molar-refractivity contribution >= 4 is 11.6 Å². The number of aryl methyl sites for hydroxylation is 1. The van der Waals surface area contributed by atoms with Crippen LogP contribution in [0.1, 0.15) is 56.9 Å². The number of carbonyl (C=O) groups excluding carboxylic acids is 1. The summed E-state index contributed by atoms with van der Waals surface area (Å²) in [6.07, 6.45) is 6.28. The summed E-state index contributed by atoms with van der Waals surface area (Å²) in [5.41, 5.74) is 7.27. The molecule has 1 saturated heterocycles. The Bertz CT molecular complexity index is 442. The Hall–Kier alpha value is -1.45. The van der Waals surface area contributed by atoms with Gasteiger partial charge in [-0.15, -0.1) is 0 Å². The number of nitrogens with two attached hydrogens (primary N) is 1. The Morgan fingerprint density at radius 2 is 2.00 bits per heavy atom. The van der Waals surface area contributed by atoms with Gasteiger partial charge in [0.15, 0.2) is 0 Å². The molecule has 1 aliphatic heterocycles. The van der Waals surface area contributed by atoms with Gasteiger partial charge in [0, 0.05) is 24.8 Å². The van der Waals surface area contributed by atoms with Crippen molar-refractivity contribution in [1.29, 1.82) is 0 Å².